The van der Waals surface area contributed by atoms with Crippen molar-refractivity contribution >= 4 is 17.5 Å². The van der Waals surface area contributed by atoms with Gasteiger partial charge in [0.15, 0.2) is 5.76 Å². The predicted molar refractivity (Wildman–Crippen MR) is 95.2 cm³/mol. The van der Waals surface area contributed by atoms with Crippen LogP contribution in [0.1, 0.15) is 49.1 Å². The van der Waals surface area contributed by atoms with Crippen LogP contribution in [-0.4, -0.2) is 23.4 Å². The van der Waals surface area contributed by atoms with E-state index in [1.165, 1.54) is 25.7 Å². The average Bonchev–Trinajstić information content (AvgIpc) is 3.11. The monoisotopic (exact) mass is 343 g/mol. The first-order chi connectivity index (χ1) is 11.7. The summed E-state index contributed by atoms with van der Waals surface area (Å²) in [6.07, 6.45) is 7.29. The predicted octanol–water partition coefficient (Wildman–Crippen LogP) is 5.39. The number of piperidine rings is 1. The van der Waals surface area contributed by atoms with Gasteiger partial charge in [0.25, 0.3) is 5.91 Å². The third-order valence-corrected chi connectivity index (χ3v) is 5.79. The van der Waals surface area contributed by atoms with Crippen molar-refractivity contribution in [2.24, 2.45) is 5.92 Å². The molecule has 2 aliphatic rings. The Morgan fingerprint density at radius 1 is 1.04 bits per heavy atom. The topological polar surface area (TPSA) is 33.5 Å². The fraction of sp³-hybridized carbons (Fsp3) is 0.450. The minimum Gasteiger partial charge on any atom is -0.451 e. The highest BCUT2D eigenvalue weighted by molar-refractivity contribution is 6.33. The number of furan rings is 1. The third kappa shape index (κ3) is 2.86. The van der Waals surface area contributed by atoms with E-state index in [4.69, 9.17) is 16.0 Å². The van der Waals surface area contributed by atoms with Crippen molar-refractivity contribution in [3.8, 4) is 11.3 Å². The molecule has 2 fully saturated rings. The number of benzene rings is 1. The maximum absolute atomic E-state index is 13.0. The third-order valence-electron chi connectivity index (χ3n) is 5.46. The molecular weight excluding hydrogens is 322 g/mol. The summed E-state index contributed by atoms with van der Waals surface area (Å²) in [5.74, 6) is 1.79. The van der Waals surface area contributed by atoms with Gasteiger partial charge < -0.3 is 9.32 Å². The van der Waals surface area contributed by atoms with Gasteiger partial charge in [0.05, 0.1) is 5.02 Å². The van der Waals surface area contributed by atoms with E-state index >= 15 is 0 Å². The summed E-state index contributed by atoms with van der Waals surface area (Å²) in [4.78, 5) is 15.0. The van der Waals surface area contributed by atoms with Crippen LogP contribution in [0, 0.1) is 5.92 Å². The molecule has 1 amide bonds. The molecule has 1 aliphatic carbocycles. The minimum absolute atomic E-state index is 0.0323. The highest BCUT2D eigenvalue weighted by Crippen LogP contribution is 2.36. The normalized spacial score (nSPS) is 23.8. The van der Waals surface area contributed by atoms with E-state index in [9.17, 15) is 4.79 Å². The summed E-state index contributed by atoms with van der Waals surface area (Å²) in [6, 6.07) is 11.6. The van der Waals surface area contributed by atoms with Gasteiger partial charge in [-0.3, -0.25) is 4.79 Å². The highest BCUT2D eigenvalue weighted by Gasteiger charge is 2.36. The largest absolute Gasteiger partial charge is 0.451 e. The number of hydrogen-bond donors (Lipinski definition) is 0. The van der Waals surface area contributed by atoms with Crippen molar-refractivity contribution in [2.75, 3.05) is 6.54 Å². The first-order valence-electron chi connectivity index (χ1n) is 8.90. The minimum atomic E-state index is 0.0323. The lowest BCUT2D eigenvalue weighted by Crippen LogP contribution is -2.49. The fourth-order valence-corrected chi connectivity index (χ4v) is 4.51. The Labute approximate surface area is 147 Å². The van der Waals surface area contributed by atoms with E-state index in [1.807, 2.05) is 30.3 Å². The molecule has 0 spiro atoms. The number of amides is 1. The zero-order valence-electron chi connectivity index (χ0n) is 13.7. The first-order valence-corrected chi connectivity index (χ1v) is 9.27. The van der Waals surface area contributed by atoms with Crippen LogP contribution in [0.5, 0.6) is 0 Å². The second-order valence-corrected chi connectivity index (χ2v) is 7.30. The van der Waals surface area contributed by atoms with Crippen LogP contribution in [-0.2, 0) is 0 Å². The van der Waals surface area contributed by atoms with Gasteiger partial charge in [-0.15, -0.1) is 0 Å². The Kier molecular flexibility index (Phi) is 4.36. The Hall–Kier alpha value is -1.74. The number of fused-ring (bicyclic) bond motifs is 1. The zero-order chi connectivity index (χ0) is 16.5. The standard InChI is InChI=1S/C20H22ClNO2/c21-16-9-3-2-8-15(16)18-11-12-19(24-18)20(23)22-13-5-7-14-6-1-4-10-17(14)22/h2-3,8-9,11-12,14,17H,1,4-7,10,13H2. The summed E-state index contributed by atoms with van der Waals surface area (Å²) >= 11 is 6.23. The lowest BCUT2D eigenvalue weighted by atomic mass is 9.78. The summed E-state index contributed by atoms with van der Waals surface area (Å²) in [6.45, 7) is 0.849. The molecule has 1 saturated carbocycles. The van der Waals surface area contributed by atoms with Gasteiger partial charge in [0.1, 0.15) is 5.76 Å². The second kappa shape index (κ2) is 6.64. The van der Waals surface area contributed by atoms with Gasteiger partial charge in [0.2, 0.25) is 0 Å². The van der Waals surface area contributed by atoms with Crippen molar-refractivity contribution in [1.29, 1.82) is 0 Å². The molecule has 2 unspecified atom stereocenters. The fourth-order valence-electron chi connectivity index (χ4n) is 4.28. The number of rotatable bonds is 2. The molecule has 0 radical (unpaired) electrons. The number of halogens is 1. The molecule has 3 nitrogen and oxygen atoms in total. The molecule has 126 valence electrons. The van der Waals surface area contributed by atoms with Crippen LogP contribution < -0.4 is 0 Å². The molecular formula is C20H22ClNO2. The molecule has 1 aromatic heterocycles. The molecule has 4 rings (SSSR count). The van der Waals surface area contributed by atoms with Crippen molar-refractivity contribution in [2.45, 2.75) is 44.6 Å². The number of carbonyl (C=O) groups is 1. The molecule has 0 bridgehead atoms. The molecule has 1 aliphatic heterocycles. The van der Waals surface area contributed by atoms with Crippen molar-refractivity contribution < 1.29 is 9.21 Å². The lowest BCUT2D eigenvalue weighted by Gasteiger charge is -2.43. The van der Waals surface area contributed by atoms with E-state index in [2.05, 4.69) is 4.90 Å². The van der Waals surface area contributed by atoms with Crippen molar-refractivity contribution in [3.05, 3.63) is 47.2 Å². The maximum Gasteiger partial charge on any atom is 0.289 e. The van der Waals surface area contributed by atoms with Gasteiger partial charge in [-0.2, -0.15) is 0 Å². The molecule has 4 heteroatoms. The summed E-state index contributed by atoms with van der Waals surface area (Å²) < 4.78 is 5.87. The van der Waals surface area contributed by atoms with Crippen molar-refractivity contribution in [3.63, 3.8) is 0 Å². The van der Waals surface area contributed by atoms with E-state index in [0.29, 0.717) is 28.5 Å². The smallest absolute Gasteiger partial charge is 0.289 e. The number of carbonyl (C=O) groups excluding carboxylic acids is 1. The molecule has 0 N–H and O–H groups in total. The number of nitrogens with zero attached hydrogens (tertiary/aromatic N) is 1. The zero-order valence-corrected chi connectivity index (χ0v) is 14.5. The van der Waals surface area contributed by atoms with E-state index in [0.717, 1.165) is 24.9 Å². The second-order valence-electron chi connectivity index (χ2n) is 6.90. The summed E-state index contributed by atoms with van der Waals surface area (Å²) in [5.41, 5.74) is 0.826. The molecule has 1 aromatic carbocycles. The average molecular weight is 344 g/mol. The van der Waals surface area contributed by atoms with Gasteiger partial charge in [-0.05, 0) is 55.9 Å². The Balaban J connectivity index is 1.58. The van der Waals surface area contributed by atoms with Crippen LogP contribution in [0.25, 0.3) is 11.3 Å². The van der Waals surface area contributed by atoms with Crippen LogP contribution in [0.15, 0.2) is 40.8 Å². The highest BCUT2D eigenvalue weighted by atomic mass is 35.5. The van der Waals surface area contributed by atoms with Crippen LogP contribution in [0.2, 0.25) is 5.02 Å². The van der Waals surface area contributed by atoms with Gasteiger partial charge >= 0.3 is 0 Å². The van der Waals surface area contributed by atoms with Crippen LogP contribution in [0.4, 0.5) is 0 Å². The Morgan fingerprint density at radius 2 is 1.83 bits per heavy atom. The number of likely N-dealkylation sites (tertiary alicyclic amines) is 1. The quantitative estimate of drug-likeness (QED) is 0.732. The molecule has 1 saturated heterocycles. The SMILES string of the molecule is O=C(c1ccc(-c2ccccc2Cl)o1)N1CCCC2CCCCC21. The van der Waals surface area contributed by atoms with Crippen LogP contribution >= 0.6 is 11.6 Å². The Morgan fingerprint density at radius 3 is 2.71 bits per heavy atom. The lowest BCUT2D eigenvalue weighted by molar-refractivity contribution is 0.0363. The molecule has 2 aromatic rings. The molecule has 2 atom stereocenters. The van der Waals surface area contributed by atoms with Gasteiger partial charge in [0, 0.05) is 18.2 Å². The van der Waals surface area contributed by atoms with Crippen molar-refractivity contribution in [1.82, 2.24) is 4.90 Å². The van der Waals surface area contributed by atoms with E-state index < -0.39 is 0 Å². The summed E-state index contributed by atoms with van der Waals surface area (Å²) in [5, 5.41) is 0.635. The van der Waals surface area contributed by atoms with E-state index in [1.54, 1.807) is 6.07 Å². The molecule has 2 heterocycles. The van der Waals surface area contributed by atoms with Gasteiger partial charge in [-0.1, -0.05) is 36.6 Å². The molecule has 24 heavy (non-hydrogen) atoms. The first kappa shape index (κ1) is 15.8. The number of hydrogen-bond acceptors (Lipinski definition) is 2. The van der Waals surface area contributed by atoms with Gasteiger partial charge in [-0.25, -0.2) is 0 Å². The van der Waals surface area contributed by atoms with E-state index in [-0.39, 0.29) is 5.91 Å². The summed E-state index contributed by atoms with van der Waals surface area (Å²) in [7, 11) is 0. The maximum atomic E-state index is 13.0. The Bertz CT molecular complexity index is 737. The van der Waals surface area contributed by atoms with Crippen LogP contribution in [0.3, 0.4) is 0 Å².